The largest absolute Gasteiger partial charge is 0.484 e. The third-order valence-corrected chi connectivity index (χ3v) is 8.42. The molecule has 4 heterocycles. The molecule has 1 fully saturated rings. The van der Waals surface area contributed by atoms with Gasteiger partial charge in [-0.05, 0) is 54.9 Å². The van der Waals surface area contributed by atoms with Crippen LogP contribution < -0.4 is 20.3 Å². The molecule has 3 N–H and O–H groups in total. The van der Waals surface area contributed by atoms with Gasteiger partial charge in [0.15, 0.2) is 5.65 Å². The molecule has 0 unspecified atom stereocenters. The molecular weight excluding hydrogens is 532 g/mol. The van der Waals surface area contributed by atoms with Crippen LogP contribution in [0.5, 0.6) is 5.75 Å². The lowest BCUT2D eigenvalue weighted by atomic mass is 9.85. The van der Waals surface area contributed by atoms with E-state index in [1.54, 1.807) is 4.68 Å². The summed E-state index contributed by atoms with van der Waals surface area (Å²) in [4.78, 5) is 15.3. The Morgan fingerprint density at radius 1 is 1.05 bits per heavy atom. The highest BCUT2D eigenvalue weighted by molar-refractivity contribution is 5.88. The van der Waals surface area contributed by atoms with E-state index in [1.165, 1.54) is 0 Å². The van der Waals surface area contributed by atoms with E-state index in [0.717, 1.165) is 72.9 Å². The van der Waals surface area contributed by atoms with Gasteiger partial charge in [-0.3, -0.25) is 14.4 Å². The molecule has 1 saturated heterocycles. The molecule has 1 aliphatic carbocycles. The topological polar surface area (TPSA) is 122 Å². The molecule has 0 radical (unpaired) electrons. The maximum Gasteiger partial charge on any atom is 0.320 e. The number of rotatable bonds is 6. The van der Waals surface area contributed by atoms with Gasteiger partial charge in [-0.15, -0.1) is 10.2 Å². The molecule has 2 aliphatic rings. The van der Waals surface area contributed by atoms with Crippen molar-refractivity contribution in [1.29, 1.82) is 0 Å². The van der Waals surface area contributed by atoms with Gasteiger partial charge in [0.25, 0.3) is 0 Å². The van der Waals surface area contributed by atoms with Gasteiger partial charge in [0.05, 0.1) is 17.9 Å². The predicted octanol–water partition coefficient (Wildman–Crippen LogP) is 4.75. The smallest absolute Gasteiger partial charge is 0.320 e. The van der Waals surface area contributed by atoms with Gasteiger partial charge in [0.1, 0.15) is 17.7 Å². The van der Waals surface area contributed by atoms with Gasteiger partial charge in [0, 0.05) is 38.2 Å². The zero-order chi connectivity index (χ0) is 29.4. The van der Waals surface area contributed by atoms with E-state index in [4.69, 9.17) is 4.74 Å². The molecule has 3 aromatic heterocycles. The molecule has 6 rings (SSSR count). The first-order valence-electron chi connectivity index (χ1n) is 14.8. The number of aromatic nitrogens is 5. The molecule has 0 saturated carbocycles. The van der Waals surface area contributed by atoms with Crippen molar-refractivity contribution in [3.8, 4) is 5.75 Å². The summed E-state index contributed by atoms with van der Waals surface area (Å²) >= 11 is 0. The number of fused-ring (bicyclic) bond motifs is 2. The molecule has 2 amide bonds. The quantitative estimate of drug-likeness (QED) is 0.305. The third-order valence-electron chi connectivity index (χ3n) is 8.42. The minimum Gasteiger partial charge on any atom is -0.484 e. The average Bonchev–Trinajstić information content (AvgIpc) is 3.57. The molecule has 222 valence electrons. The van der Waals surface area contributed by atoms with E-state index in [1.807, 2.05) is 48.0 Å². The lowest BCUT2D eigenvalue weighted by molar-refractivity contribution is 0.171. The summed E-state index contributed by atoms with van der Waals surface area (Å²) in [6.07, 6.45) is 5.19. The molecule has 11 nitrogen and oxygen atoms in total. The number of carbonyl (C=O) groups is 1. The fourth-order valence-corrected chi connectivity index (χ4v) is 5.91. The second-order valence-corrected chi connectivity index (χ2v) is 12.5. The second kappa shape index (κ2) is 11.3. The number of aryl methyl sites for hydroxylation is 1. The maximum absolute atomic E-state index is 13.0. The van der Waals surface area contributed by atoms with Crippen LogP contribution in [0.15, 0.2) is 48.7 Å². The van der Waals surface area contributed by atoms with E-state index < -0.39 is 0 Å². The zero-order valence-corrected chi connectivity index (χ0v) is 24.7. The van der Waals surface area contributed by atoms with Crippen LogP contribution in [0.25, 0.3) is 5.65 Å². The zero-order valence-electron chi connectivity index (χ0n) is 24.7. The van der Waals surface area contributed by atoms with Crippen LogP contribution in [0.4, 0.5) is 16.6 Å². The Morgan fingerprint density at radius 3 is 2.52 bits per heavy atom. The Balaban J connectivity index is 1.16. The fourth-order valence-electron chi connectivity index (χ4n) is 5.91. The molecule has 1 aliphatic heterocycles. The monoisotopic (exact) mass is 572 g/mol. The molecule has 0 spiro atoms. The SMILES string of the molecule is Cn1nc(C(C)(C)C)cc1NC(=O)N[C@H]1CC[C@@H](Oc2ccc3nnc(N4CCC(CO)CC4)n3c2)c2ccccc21. The Morgan fingerprint density at radius 2 is 1.81 bits per heavy atom. The van der Waals surface area contributed by atoms with E-state index in [2.05, 4.69) is 63.7 Å². The summed E-state index contributed by atoms with van der Waals surface area (Å²) in [5.74, 6) is 2.55. The van der Waals surface area contributed by atoms with Crippen molar-refractivity contribution < 1.29 is 14.6 Å². The summed E-state index contributed by atoms with van der Waals surface area (Å²) < 4.78 is 10.3. The number of hydrogen-bond acceptors (Lipinski definition) is 7. The van der Waals surface area contributed by atoms with Crippen molar-refractivity contribution in [2.24, 2.45) is 13.0 Å². The van der Waals surface area contributed by atoms with Crippen molar-refractivity contribution >= 4 is 23.4 Å². The Kier molecular flexibility index (Phi) is 7.53. The molecule has 2 atom stereocenters. The van der Waals surface area contributed by atoms with Gasteiger partial charge in [0.2, 0.25) is 5.95 Å². The van der Waals surface area contributed by atoms with Crippen LogP contribution in [0.3, 0.4) is 0 Å². The van der Waals surface area contributed by atoms with Crippen LogP contribution in [-0.2, 0) is 12.5 Å². The van der Waals surface area contributed by atoms with Crippen molar-refractivity contribution in [3.05, 3.63) is 65.5 Å². The van der Waals surface area contributed by atoms with E-state index >= 15 is 0 Å². The van der Waals surface area contributed by atoms with Crippen molar-refractivity contribution in [2.75, 3.05) is 29.9 Å². The summed E-state index contributed by atoms with van der Waals surface area (Å²) in [6.45, 7) is 8.22. The van der Waals surface area contributed by atoms with Crippen LogP contribution in [0, 0.1) is 5.92 Å². The number of piperidine rings is 1. The molecule has 42 heavy (non-hydrogen) atoms. The number of carbonyl (C=O) groups excluding carboxylic acids is 1. The first-order valence-corrected chi connectivity index (χ1v) is 14.8. The standard InChI is InChI=1S/C31H40N8O3/c1-31(2,3)26-17-28(37(4)36-26)33-29(41)32-24-10-11-25(23-8-6-5-7-22(23)24)42-21-9-12-27-34-35-30(39(27)18-21)38-15-13-20(19-40)14-16-38/h5-9,12,17-18,20,24-25,40H,10-11,13-16,19H2,1-4H3,(H2,32,33,41)/t24-,25+/m0/s1. The van der Waals surface area contributed by atoms with Gasteiger partial charge < -0.3 is 20.1 Å². The Hall–Kier alpha value is -4.12. The Bertz CT molecular complexity index is 1560. The highest BCUT2D eigenvalue weighted by atomic mass is 16.5. The number of aliphatic hydroxyl groups excluding tert-OH is 1. The summed E-state index contributed by atoms with van der Waals surface area (Å²) in [5, 5.41) is 29.0. The molecule has 4 aromatic rings. The number of urea groups is 1. The van der Waals surface area contributed by atoms with Crippen molar-refractivity contribution in [1.82, 2.24) is 29.7 Å². The number of ether oxygens (including phenoxy) is 1. The van der Waals surface area contributed by atoms with E-state index in [0.29, 0.717) is 11.7 Å². The van der Waals surface area contributed by atoms with E-state index in [-0.39, 0.29) is 30.2 Å². The van der Waals surface area contributed by atoms with Gasteiger partial charge >= 0.3 is 6.03 Å². The summed E-state index contributed by atoms with van der Waals surface area (Å²) in [5.41, 5.74) is 3.71. The molecule has 1 aromatic carbocycles. The van der Waals surface area contributed by atoms with Gasteiger partial charge in [-0.25, -0.2) is 4.79 Å². The number of nitrogens with one attached hydrogen (secondary N) is 2. The number of pyridine rings is 1. The molecule has 0 bridgehead atoms. The number of anilines is 2. The van der Waals surface area contributed by atoms with Crippen LogP contribution in [0.2, 0.25) is 0 Å². The highest BCUT2D eigenvalue weighted by Crippen LogP contribution is 2.39. The summed E-state index contributed by atoms with van der Waals surface area (Å²) in [7, 11) is 1.84. The van der Waals surface area contributed by atoms with Gasteiger partial charge in [-0.1, -0.05) is 45.0 Å². The number of aliphatic hydroxyl groups is 1. The maximum atomic E-state index is 13.0. The lowest BCUT2D eigenvalue weighted by Gasteiger charge is -2.32. The summed E-state index contributed by atoms with van der Waals surface area (Å²) in [6, 6.07) is 13.6. The number of benzene rings is 1. The number of nitrogens with zero attached hydrogens (tertiary/aromatic N) is 6. The normalized spacial score (nSPS) is 19.5. The number of hydrogen-bond donors (Lipinski definition) is 3. The highest BCUT2D eigenvalue weighted by Gasteiger charge is 2.30. The van der Waals surface area contributed by atoms with E-state index in [9.17, 15) is 9.90 Å². The first-order chi connectivity index (χ1) is 20.2. The fraction of sp³-hybridized carbons (Fsp3) is 0.484. The first kappa shape index (κ1) is 28.0. The van der Waals surface area contributed by atoms with Crippen molar-refractivity contribution in [3.63, 3.8) is 0 Å². The lowest BCUT2D eigenvalue weighted by Crippen LogP contribution is -2.36. The van der Waals surface area contributed by atoms with Crippen LogP contribution >= 0.6 is 0 Å². The minimum absolute atomic E-state index is 0.108. The van der Waals surface area contributed by atoms with Crippen LogP contribution in [0.1, 0.15) is 75.4 Å². The molecule has 11 heteroatoms. The Labute approximate surface area is 245 Å². The van der Waals surface area contributed by atoms with Gasteiger partial charge in [-0.2, -0.15) is 5.10 Å². The predicted molar refractivity (Wildman–Crippen MR) is 161 cm³/mol. The minimum atomic E-state index is -0.258. The van der Waals surface area contributed by atoms with Crippen LogP contribution in [-0.4, -0.2) is 55.2 Å². The average molecular weight is 573 g/mol. The van der Waals surface area contributed by atoms with Crippen molar-refractivity contribution in [2.45, 2.75) is 64.0 Å². The number of amides is 2. The third kappa shape index (κ3) is 5.65. The second-order valence-electron chi connectivity index (χ2n) is 12.5. The molecular formula is C31H40N8O3.